The van der Waals surface area contributed by atoms with Crippen molar-refractivity contribution in [1.29, 1.82) is 0 Å². The summed E-state index contributed by atoms with van der Waals surface area (Å²) < 4.78 is 23.7. The number of likely N-dealkylation sites (tertiary alicyclic amines) is 1. The number of hydrogen-bond donors (Lipinski definition) is 0. The first-order chi connectivity index (χ1) is 12.4. The van der Waals surface area contributed by atoms with Crippen molar-refractivity contribution in [1.82, 2.24) is 9.88 Å². The Morgan fingerprint density at radius 3 is 2.77 bits per heavy atom. The van der Waals surface area contributed by atoms with Gasteiger partial charge in [0.1, 0.15) is 5.82 Å². The lowest BCUT2D eigenvalue weighted by Crippen LogP contribution is -2.43. The molecule has 26 heavy (non-hydrogen) atoms. The van der Waals surface area contributed by atoms with Crippen molar-refractivity contribution in [3.8, 4) is 0 Å². The Balaban J connectivity index is 1.81. The van der Waals surface area contributed by atoms with E-state index >= 15 is 0 Å². The fraction of sp³-hybridized carbons (Fsp3) is 0.684. The van der Waals surface area contributed by atoms with Gasteiger partial charge in [-0.05, 0) is 51.2 Å². The van der Waals surface area contributed by atoms with E-state index in [-0.39, 0.29) is 23.5 Å². The van der Waals surface area contributed by atoms with Crippen LogP contribution in [0.2, 0.25) is 0 Å². The molecule has 0 radical (unpaired) electrons. The van der Waals surface area contributed by atoms with Crippen LogP contribution < -0.4 is 4.90 Å². The van der Waals surface area contributed by atoms with Crippen molar-refractivity contribution in [3.05, 3.63) is 23.9 Å². The predicted octanol–water partition coefficient (Wildman–Crippen LogP) is 2.50. The Labute approximate surface area is 156 Å². The number of anilines is 1. The summed E-state index contributed by atoms with van der Waals surface area (Å²) in [5, 5.41) is 0. The second-order valence-corrected chi connectivity index (χ2v) is 9.53. The molecule has 2 atom stereocenters. The molecule has 1 amide bonds. The summed E-state index contributed by atoms with van der Waals surface area (Å²) in [5.41, 5.74) is 0.648. The Kier molecular flexibility index (Phi) is 5.85. The molecule has 3 heterocycles. The van der Waals surface area contributed by atoms with Crippen LogP contribution >= 0.6 is 0 Å². The highest BCUT2D eigenvalue weighted by Crippen LogP contribution is 2.25. The first kappa shape index (κ1) is 19.1. The van der Waals surface area contributed by atoms with Gasteiger partial charge >= 0.3 is 0 Å². The normalized spacial score (nSPS) is 25.2. The number of amides is 1. The average molecular weight is 380 g/mol. The maximum Gasteiger partial charge on any atom is 0.254 e. The van der Waals surface area contributed by atoms with Gasteiger partial charge in [-0.2, -0.15) is 0 Å². The number of rotatable bonds is 5. The third kappa shape index (κ3) is 4.03. The van der Waals surface area contributed by atoms with E-state index in [1.54, 1.807) is 12.3 Å². The van der Waals surface area contributed by atoms with E-state index in [9.17, 15) is 13.2 Å². The number of carbonyl (C=O) groups is 1. The molecule has 2 saturated heterocycles. The standard InChI is InChI=1S/C19H29N3O3S/c1-3-16-7-5-6-11-22(16)19(23)15-8-10-20-18(13-15)21(4-2)17-9-12-26(24,25)14-17/h8,10,13,16-17H,3-7,9,11-12,14H2,1-2H3. The van der Waals surface area contributed by atoms with Crippen LogP contribution in [0.1, 0.15) is 56.3 Å². The highest BCUT2D eigenvalue weighted by molar-refractivity contribution is 7.91. The van der Waals surface area contributed by atoms with E-state index < -0.39 is 9.84 Å². The van der Waals surface area contributed by atoms with E-state index in [0.29, 0.717) is 30.4 Å². The minimum atomic E-state index is -2.96. The minimum absolute atomic E-state index is 0.0544. The van der Waals surface area contributed by atoms with E-state index in [4.69, 9.17) is 0 Å². The smallest absolute Gasteiger partial charge is 0.254 e. The number of carbonyl (C=O) groups excluding carboxylic acids is 1. The van der Waals surface area contributed by atoms with Crippen molar-refractivity contribution in [3.63, 3.8) is 0 Å². The zero-order valence-electron chi connectivity index (χ0n) is 15.7. The summed E-state index contributed by atoms with van der Waals surface area (Å²) in [4.78, 5) is 21.5. The summed E-state index contributed by atoms with van der Waals surface area (Å²) >= 11 is 0. The fourth-order valence-electron chi connectivity index (χ4n) is 4.20. The Morgan fingerprint density at radius 1 is 1.31 bits per heavy atom. The highest BCUT2D eigenvalue weighted by atomic mass is 32.2. The van der Waals surface area contributed by atoms with Crippen LogP contribution in [0.3, 0.4) is 0 Å². The molecule has 0 spiro atoms. The molecule has 0 bridgehead atoms. The summed E-state index contributed by atoms with van der Waals surface area (Å²) in [6.07, 6.45) is 6.58. The van der Waals surface area contributed by atoms with Crippen molar-refractivity contribution in [2.75, 3.05) is 29.5 Å². The number of piperidine rings is 1. The van der Waals surface area contributed by atoms with E-state index in [0.717, 1.165) is 25.8 Å². The van der Waals surface area contributed by atoms with E-state index in [2.05, 4.69) is 11.9 Å². The van der Waals surface area contributed by atoms with Crippen LogP contribution in [0.4, 0.5) is 5.82 Å². The van der Waals surface area contributed by atoms with Gasteiger partial charge in [0.15, 0.2) is 9.84 Å². The maximum atomic E-state index is 13.0. The summed E-state index contributed by atoms with van der Waals surface area (Å²) in [6, 6.07) is 3.86. The lowest BCUT2D eigenvalue weighted by Gasteiger charge is -2.35. The van der Waals surface area contributed by atoms with Gasteiger partial charge in [-0.15, -0.1) is 0 Å². The van der Waals surface area contributed by atoms with Crippen LogP contribution in [0.15, 0.2) is 18.3 Å². The molecule has 0 N–H and O–H groups in total. The van der Waals surface area contributed by atoms with Crippen molar-refractivity contribution in [2.45, 2.75) is 58.0 Å². The van der Waals surface area contributed by atoms with Gasteiger partial charge in [0.2, 0.25) is 0 Å². The fourth-order valence-corrected chi connectivity index (χ4v) is 5.93. The van der Waals surface area contributed by atoms with Crippen LogP contribution in [0.5, 0.6) is 0 Å². The molecule has 3 rings (SSSR count). The second kappa shape index (κ2) is 7.94. The molecule has 2 fully saturated rings. The molecule has 0 aliphatic carbocycles. The zero-order chi connectivity index (χ0) is 18.7. The zero-order valence-corrected chi connectivity index (χ0v) is 16.5. The second-order valence-electron chi connectivity index (χ2n) is 7.30. The molecule has 1 aromatic rings. The molecule has 6 nitrogen and oxygen atoms in total. The molecule has 0 aromatic carbocycles. The Hall–Kier alpha value is -1.63. The van der Waals surface area contributed by atoms with Crippen LogP contribution in [-0.2, 0) is 9.84 Å². The molecule has 1 aromatic heterocycles. The van der Waals surface area contributed by atoms with Gasteiger partial charge in [-0.1, -0.05) is 6.92 Å². The van der Waals surface area contributed by atoms with Gasteiger partial charge in [-0.3, -0.25) is 4.79 Å². The van der Waals surface area contributed by atoms with Crippen LogP contribution in [0.25, 0.3) is 0 Å². The molecule has 2 aliphatic rings. The van der Waals surface area contributed by atoms with Gasteiger partial charge in [0.05, 0.1) is 11.5 Å². The SMILES string of the molecule is CCC1CCCCN1C(=O)c1ccnc(N(CC)C2CCS(=O)(=O)C2)c1. The van der Waals surface area contributed by atoms with Crippen LogP contribution in [-0.4, -0.2) is 60.9 Å². The van der Waals surface area contributed by atoms with Gasteiger partial charge in [0, 0.05) is 36.9 Å². The highest BCUT2D eigenvalue weighted by Gasteiger charge is 2.33. The summed E-state index contributed by atoms with van der Waals surface area (Å²) in [5.74, 6) is 1.17. The predicted molar refractivity (Wildman–Crippen MR) is 103 cm³/mol. The number of aromatic nitrogens is 1. The van der Waals surface area contributed by atoms with Crippen molar-refractivity contribution < 1.29 is 13.2 Å². The van der Waals surface area contributed by atoms with Crippen LogP contribution in [0, 0.1) is 0 Å². The van der Waals surface area contributed by atoms with Gasteiger partial charge in [0.25, 0.3) is 5.91 Å². The molecule has 144 valence electrons. The topological polar surface area (TPSA) is 70.6 Å². The van der Waals surface area contributed by atoms with E-state index in [1.807, 2.05) is 22.8 Å². The third-order valence-corrected chi connectivity index (χ3v) is 7.39. The summed E-state index contributed by atoms with van der Waals surface area (Å²) in [6.45, 7) is 5.62. The monoisotopic (exact) mass is 379 g/mol. The number of hydrogen-bond acceptors (Lipinski definition) is 5. The molecule has 2 aliphatic heterocycles. The van der Waals surface area contributed by atoms with Crippen molar-refractivity contribution >= 4 is 21.6 Å². The lowest BCUT2D eigenvalue weighted by molar-refractivity contribution is 0.0608. The molecular weight excluding hydrogens is 350 g/mol. The molecule has 2 unspecified atom stereocenters. The summed E-state index contributed by atoms with van der Waals surface area (Å²) in [7, 11) is -2.96. The minimum Gasteiger partial charge on any atom is -0.353 e. The first-order valence-electron chi connectivity index (χ1n) is 9.69. The molecular formula is C19H29N3O3S. The van der Waals surface area contributed by atoms with Crippen molar-refractivity contribution in [2.24, 2.45) is 0 Å². The van der Waals surface area contributed by atoms with Gasteiger partial charge in [-0.25, -0.2) is 13.4 Å². The number of sulfone groups is 1. The number of nitrogens with zero attached hydrogens (tertiary/aromatic N) is 3. The van der Waals surface area contributed by atoms with Gasteiger partial charge < -0.3 is 9.80 Å². The Morgan fingerprint density at radius 2 is 2.12 bits per heavy atom. The molecule has 0 saturated carbocycles. The average Bonchev–Trinajstić information content (AvgIpc) is 3.01. The largest absolute Gasteiger partial charge is 0.353 e. The first-order valence-corrected chi connectivity index (χ1v) is 11.5. The molecule has 7 heteroatoms. The number of pyridine rings is 1. The Bertz CT molecular complexity index is 750. The lowest BCUT2D eigenvalue weighted by atomic mass is 9.99. The van der Waals surface area contributed by atoms with E-state index in [1.165, 1.54) is 6.42 Å². The third-order valence-electron chi connectivity index (χ3n) is 5.64. The maximum absolute atomic E-state index is 13.0. The quantitative estimate of drug-likeness (QED) is 0.786.